The fourth-order valence-corrected chi connectivity index (χ4v) is 1.95. The number of nitrogens with one attached hydrogen (secondary N) is 1. The van der Waals surface area contributed by atoms with Gasteiger partial charge in [0.15, 0.2) is 4.77 Å². The number of benzene rings is 1. The van der Waals surface area contributed by atoms with Gasteiger partial charge in [0.1, 0.15) is 0 Å². The van der Waals surface area contributed by atoms with E-state index in [-0.39, 0.29) is 0 Å². The summed E-state index contributed by atoms with van der Waals surface area (Å²) in [4.78, 5) is 3.05. The van der Waals surface area contributed by atoms with Gasteiger partial charge in [-0.2, -0.15) is 0 Å². The second kappa shape index (κ2) is 4.21. The summed E-state index contributed by atoms with van der Waals surface area (Å²) in [6, 6.07) is 7.66. The molecular formula is C11H11ClN2S. The first-order valence-corrected chi connectivity index (χ1v) is 5.56. The second-order valence-electron chi connectivity index (χ2n) is 3.25. The molecule has 4 heteroatoms. The predicted octanol–water partition coefficient (Wildman–Crippen LogP) is 3.75. The number of imidazole rings is 1. The summed E-state index contributed by atoms with van der Waals surface area (Å²) >= 11 is 11.1. The third-order valence-electron chi connectivity index (χ3n) is 2.30. The average molecular weight is 239 g/mol. The molecule has 1 aromatic heterocycles. The molecule has 0 atom stereocenters. The quantitative estimate of drug-likeness (QED) is 0.791. The monoisotopic (exact) mass is 238 g/mol. The molecule has 78 valence electrons. The SMILES string of the molecule is CCc1c[nH]c(=S)n1-c1ccc(Cl)cc1. The lowest BCUT2D eigenvalue weighted by atomic mass is 10.3. The van der Waals surface area contributed by atoms with Crippen LogP contribution < -0.4 is 0 Å². The number of hydrogen-bond donors (Lipinski definition) is 1. The Bertz CT molecular complexity index is 510. The van der Waals surface area contributed by atoms with Crippen molar-refractivity contribution in [1.82, 2.24) is 9.55 Å². The molecule has 1 heterocycles. The molecule has 0 fully saturated rings. The lowest BCUT2D eigenvalue weighted by Gasteiger charge is -2.06. The summed E-state index contributed by atoms with van der Waals surface area (Å²) in [7, 11) is 0. The Balaban J connectivity index is 2.57. The topological polar surface area (TPSA) is 20.7 Å². The van der Waals surface area contributed by atoms with Crippen molar-refractivity contribution in [3.05, 3.63) is 45.9 Å². The van der Waals surface area contributed by atoms with Crippen LogP contribution in [0.5, 0.6) is 0 Å². The summed E-state index contributed by atoms with van der Waals surface area (Å²) < 4.78 is 2.74. The van der Waals surface area contributed by atoms with Crippen LogP contribution in [0.3, 0.4) is 0 Å². The Morgan fingerprint density at radius 2 is 2.00 bits per heavy atom. The molecule has 0 aliphatic carbocycles. The molecule has 2 rings (SSSR count). The molecule has 1 N–H and O–H groups in total. The molecule has 0 amide bonds. The number of H-pyrrole nitrogens is 1. The van der Waals surface area contributed by atoms with Crippen LogP contribution in [0, 0.1) is 4.77 Å². The van der Waals surface area contributed by atoms with Crippen molar-refractivity contribution in [2.75, 3.05) is 0 Å². The van der Waals surface area contributed by atoms with Crippen LogP contribution in [0.2, 0.25) is 5.02 Å². The zero-order chi connectivity index (χ0) is 10.8. The fourth-order valence-electron chi connectivity index (χ4n) is 1.54. The first-order valence-electron chi connectivity index (χ1n) is 4.77. The number of halogens is 1. The number of aromatic amines is 1. The Labute approximate surface area is 98.5 Å². The summed E-state index contributed by atoms with van der Waals surface area (Å²) in [5, 5.41) is 0.735. The molecular weight excluding hydrogens is 228 g/mol. The summed E-state index contributed by atoms with van der Waals surface area (Å²) in [5.41, 5.74) is 2.21. The van der Waals surface area contributed by atoms with Crippen LogP contribution in [0.25, 0.3) is 5.69 Å². The Hall–Kier alpha value is -1.06. The molecule has 15 heavy (non-hydrogen) atoms. The summed E-state index contributed by atoms with van der Waals surface area (Å²) in [5.74, 6) is 0. The maximum absolute atomic E-state index is 5.84. The van der Waals surface area contributed by atoms with E-state index in [4.69, 9.17) is 23.8 Å². The molecule has 0 radical (unpaired) electrons. The maximum Gasteiger partial charge on any atom is 0.182 e. The van der Waals surface area contributed by atoms with Gasteiger partial charge >= 0.3 is 0 Å². The zero-order valence-electron chi connectivity index (χ0n) is 8.33. The Morgan fingerprint density at radius 1 is 1.33 bits per heavy atom. The Kier molecular flexibility index (Phi) is 2.93. The van der Waals surface area contributed by atoms with Crippen molar-refractivity contribution in [3.8, 4) is 5.69 Å². The van der Waals surface area contributed by atoms with Gasteiger partial charge in [0.05, 0.1) is 0 Å². The minimum atomic E-state index is 0.717. The number of nitrogens with zero attached hydrogens (tertiary/aromatic N) is 1. The lowest BCUT2D eigenvalue weighted by Crippen LogP contribution is -1.98. The van der Waals surface area contributed by atoms with Crippen molar-refractivity contribution in [1.29, 1.82) is 0 Å². The maximum atomic E-state index is 5.84. The van der Waals surface area contributed by atoms with E-state index >= 15 is 0 Å². The molecule has 1 aromatic carbocycles. The third-order valence-corrected chi connectivity index (χ3v) is 2.85. The highest BCUT2D eigenvalue weighted by molar-refractivity contribution is 7.71. The van der Waals surface area contributed by atoms with Crippen LogP contribution in [-0.2, 0) is 6.42 Å². The molecule has 0 unspecified atom stereocenters. The smallest absolute Gasteiger partial charge is 0.182 e. The van der Waals surface area contributed by atoms with Gasteiger partial charge in [-0.3, -0.25) is 4.57 Å². The number of rotatable bonds is 2. The lowest BCUT2D eigenvalue weighted by molar-refractivity contribution is 0.922. The first kappa shape index (κ1) is 10.5. The van der Waals surface area contributed by atoms with Crippen LogP contribution in [0.15, 0.2) is 30.5 Å². The van der Waals surface area contributed by atoms with Crippen molar-refractivity contribution in [3.63, 3.8) is 0 Å². The van der Waals surface area contributed by atoms with Crippen molar-refractivity contribution >= 4 is 23.8 Å². The first-order chi connectivity index (χ1) is 7.22. The molecule has 0 saturated heterocycles. The van der Waals surface area contributed by atoms with Gasteiger partial charge < -0.3 is 4.98 Å². The van der Waals surface area contributed by atoms with Gasteiger partial charge in [-0.25, -0.2) is 0 Å². The molecule has 0 saturated carbocycles. The van der Waals surface area contributed by atoms with E-state index in [0.717, 1.165) is 17.1 Å². The van der Waals surface area contributed by atoms with E-state index < -0.39 is 0 Å². The van der Waals surface area contributed by atoms with E-state index in [9.17, 15) is 0 Å². The highest BCUT2D eigenvalue weighted by Crippen LogP contribution is 2.16. The van der Waals surface area contributed by atoms with Crippen LogP contribution in [0.1, 0.15) is 12.6 Å². The molecule has 0 spiro atoms. The summed E-state index contributed by atoms with van der Waals surface area (Å²) in [6.45, 7) is 2.10. The second-order valence-corrected chi connectivity index (χ2v) is 4.07. The van der Waals surface area contributed by atoms with Gasteiger partial charge in [0, 0.05) is 22.6 Å². The van der Waals surface area contributed by atoms with E-state index in [1.54, 1.807) is 0 Å². The Morgan fingerprint density at radius 3 is 2.60 bits per heavy atom. The van der Waals surface area contributed by atoms with Gasteiger partial charge in [-0.1, -0.05) is 18.5 Å². The average Bonchev–Trinajstić information content (AvgIpc) is 2.61. The van der Waals surface area contributed by atoms with Gasteiger partial charge in [-0.05, 0) is 42.9 Å². The normalized spacial score (nSPS) is 10.5. The van der Waals surface area contributed by atoms with Crippen molar-refractivity contribution in [2.45, 2.75) is 13.3 Å². The van der Waals surface area contributed by atoms with Crippen molar-refractivity contribution < 1.29 is 0 Å². The van der Waals surface area contributed by atoms with Gasteiger partial charge in [0.2, 0.25) is 0 Å². The zero-order valence-corrected chi connectivity index (χ0v) is 9.90. The fraction of sp³-hybridized carbons (Fsp3) is 0.182. The van der Waals surface area contributed by atoms with Crippen molar-refractivity contribution in [2.24, 2.45) is 0 Å². The number of aromatic nitrogens is 2. The van der Waals surface area contributed by atoms with Crippen LogP contribution >= 0.6 is 23.8 Å². The molecule has 0 bridgehead atoms. The van der Waals surface area contributed by atoms with E-state index in [1.165, 1.54) is 5.69 Å². The summed E-state index contributed by atoms with van der Waals surface area (Å²) in [6.07, 6.45) is 2.88. The molecule has 0 aliphatic heterocycles. The standard InChI is InChI=1S/C11H11ClN2S/c1-2-9-7-13-11(15)14(9)10-5-3-8(12)4-6-10/h3-7H,2H2,1H3,(H,13,15). The molecule has 2 aromatic rings. The van der Waals surface area contributed by atoms with E-state index in [1.807, 2.05) is 35.0 Å². The van der Waals surface area contributed by atoms with Gasteiger partial charge in [-0.15, -0.1) is 0 Å². The minimum absolute atomic E-state index is 0.717. The van der Waals surface area contributed by atoms with Crippen LogP contribution in [-0.4, -0.2) is 9.55 Å². The highest BCUT2D eigenvalue weighted by Gasteiger charge is 2.03. The molecule has 0 aliphatic rings. The van der Waals surface area contributed by atoms with E-state index in [0.29, 0.717) is 4.77 Å². The highest BCUT2D eigenvalue weighted by atomic mass is 35.5. The largest absolute Gasteiger partial charge is 0.337 e. The third kappa shape index (κ3) is 1.98. The predicted molar refractivity (Wildman–Crippen MR) is 65.3 cm³/mol. The van der Waals surface area contributed by atoms with Crippen LogP contribution in [0.4, 0.5) is 0 Å². The number of hydrogen-bond acceptors (Lipinski definition) is 1. The molecule has 2 nitrogen and oxygen atoms in total. The minimum Gasteiger partial charge on any atom is -0.337 e. The van der Waals surface area contributed by atoms with Gasteiger partial charge in [0.25, 0.3) is 0 Å². The van der Waals surface area contributed by atoms with E-state index in [2.05, 4.69) is 11.9 Å². The number of aryl methyl sites for hydroxylation is 1.